The van der Waals surface area contributed by atoms with Gasteiger partial charge in [0.1, 0.15) is 11.3 Å². The molecule has 0 spiro atoms. The molecule has 6 rings (SSSR count). The van der Waals surface area contributed by atoms with E-state index in [4.69, 9.17) is 27.6 Å². The topological polar surface area (TPSA) is 104 Å². The summed E-state index contributed by atoms with van der Waals surface area (Å²) in [5, 5.41) is 22.6. The third-order valence-electron chi connectivity index (χ3n) is 5.91. The largest absolute Gasteiger partial charge is 0.508 e. The number of nitrogens with zero attached hydrogens (tertiary/aromatic N) is 2. The highest BCUT2D eigenvalue weighted by Gasteiger charge is 2.46. The quantitative estimate of drug-likeness (QED) is 0.244. The summed E-state index contributed by atoms with van der Waals surface area (Å²) in [6.07, 6.45) is 0. The number of thiazole rings is 1. The Morgan fingerprint density at radius 1 is 0.972 bits per heavy atom. The lowest BCUT2D eigenvalue weighted by atomic mass is 9.95. The number of benzene rings is 3. The molecule has 1 amide bonds. The summed E-state index contributed by atoms with van der Waals surface area (Å²) >= 11 is 13.4. The first kappa shape index (κ1) is 22.6. The maximum Gasteiger partial charge on any atom is 0.296 e. The van der Waals surface area contributed by atoms with Gasteiger partial charge in [0.15, 0.2) is 16.7 Å². The second-order valence-electron chi connectivity index (χ2n) is 8.16. The predicted molar refractivity (Wildman–Crippen MR) is 138 cm³/mol. The van der Waals surface area contributed by atoms with Crippen LogP contribution in [0.2, 0.25) is 10.0 Å². The van der Waals surface area contributed by atoms with Crippen molar-refractivity contribution in [2.45, 2.75) is 6.04 Å². The molecule has 178 valence electrons. The first-order valence-electron chi connectivity index (χ1n) is 10.7. The van der Waals surface area contributed by atoms with Gasteiger partial charge in [-0.25, -0.2) is 4.98 Å². The van der Waals surface area contributed by atoms with E-state index >= 15 is 0 Å². The third-order valence-corrected chi connectivity index (χ3v) is 7.40. The van der Waals surface area contributed by atoms with Crippen LogP contribution in [-0.4, -0.2) is 26.9 Å². The van der Waals surface area contributed by atoms with Gasteiger partial charge in [-0.1, -0.05) is 46.7 Å². The second-order valence-corrected chi connectivity index (χ2v) is 10.0. The van der Waals surface area contributed by atoms with Gasteiger partial charge in [-0.3, -0.25) is 14.5 Å². The van der Waals surface area contributed by atoms with Crippen LogP contribution < -0.4 is 4.90 Å². The number of phenols is 1. The van der Waals surface area contributed by atoms with E-state index in [2.05, 4.69) is 4.98 Å². The fourth-order valence-electron chi connectivity index (χ4n) is 4.25. The number of carbonyl (C=O) groups is 2. The Balaban J connectivity index is 1.51. The van der Waals surface area contributed by atoms with Crippen molar-refractivity contribution >= 4 is 72.5 Å². The lowest BCUT2D eigenvalue weighted by Crippen LogP contribution is -2.30. The summed E-state index contributed by atoms with van der Waals surface area (Å²) in [6, 6.07) is 16.6. The Morgan fingerprint density at radius 2 is 1.69 bits per heavy atom. The van der Waals surface area contributed by atoms with Crippen molar-refractivity contribution in [2.24, 2.45) is 0 Å². The van der Waals surface area contributed by atoms with Crippen LogP contribution in [0.1, 0.15) is 22.2 Å². The lowest BCUT2D eigenvalue weighted by molar-refractivity contribution is -0.117. The summed E-state index contributed by atoms with van der Waals surface area (Å²) in [4.78, 5) is 32.9. The number of Topliss-reactive ketones (excluding diaryl/α,β-unsaturated/α-hetero) is 1. The van der Waals surface area contributed by atoms with Crippen LogP contribution in [0, 0.1) is 0 Å². The number of ketones is 1. The van der Waals surface area contributed by atoms with Gasteiger partial charge in [0, 0.05) is 15.4 Å². The monoisotopic (exact) mass is 536 g/mol. The fraction of sp³-hybridized carbons (Fsp3) is 0.0385. The molecule has 0 aliphatic carbocycles. The Morgan fingerprint density at radius 3 is 2.47 bits per heavy atom. The molecular weight excluding hydrogens is 523 g/mol. The van der Waals surface area contributed by atoms with Gasteiger partial charge in [0.25, 0.3) is 5.91 Å². The van der Waals surface area contributed by atoms with Crippen molar-refractivity contribution in [1.29, 1.82) is 0 Å². The van der Waals surface area contributed by atoms with Crippen molar-refractivity contribution in [3.05, 3.63) is 99.4 Å². The highest BCUT2D eigenvalue weighted by Crippen LogP contribution is 2.45. The van der Waals surface area contributed by atoms with Crippen molar-refractivity contribution in [3.8, 4) is 5.75 Å². The maximum absolute atomic E-state index is 13.7. The molecule has 2 aromatic heterocycles. The van der Waals surface area contributed by atoms with E-state index in [0.717, 1.165) is 4.70 Å². The van der Waals surface area contributed by atoms with E-state index < -0.39 is 23.5 Å². The molecule has 0 bridgehead atoms. The number of carbonyl (C=O) groups excluding carboxylic acids is 2. The standard InChI is InChI=1S/C26H14Cl2N2O5S/c27-14-4-8-18-13(9-14)10-19(35-18)23(32)21-22(12-1-5-16(31)6-2-12)30(25(34)24(21)33)26-29-17-7-3-15(28)11-20(17)36-26/h1-11,22,31,33H. The van der Waals surface area contributed by atoms with Gasteiger partial charge in [0.2, 0.25) is 5.78 Å². The summed E-state index contributed by atoms with van der Waals surface area (Å²) in [5.41, 5.74) is 1.39. The highest BCUT2D eigenvalue weighted by molar-refractivity contribution is 7.22. The van der Waals surface area contributed by atoms with Crippen LogP contribution in [0.15, 0.2) is 82.5 Å². The van der Waals surface area contributed by atoms with Gasteiger partial charge in [-0.05, 0) is 60.2 Å². The first-order chi connectivity index (χ1) is 17.3. The number of hydrogen-bond donors (Lipinski definition) is 2. The van der Waals surface area contributed by atoms with E-state index in [1.807, 2.05) is 0 Å². The maximum atomic E-state index is 13.7. The molecular formula is C26H14Cl2N2O5S. The number of aromatic nitrogens is 1. The molecule has 3 heterocycles. The Hall–Kier alpha value is -3.85. The number of fused-ring (bicyclic) bond motifs is 2. The molecule has 0 fully saturated rings. The number of phenolic OH excluding ortho intramolecular Hbond substituents is 1. The summed E-state index contributed by atoms with van der Waals surface area (Å²) in [7, 11) is 0. The highest BCUT2D eigenvalue weighted by atomic mass is 35.5. The van der Waals surface area contributed by atoms with Crippen LogP contribution in [-0.2, 0) is 4.79 Å². The summed E-state index contributed by atoms with van der Waals surface area (Å²) < 4.78 is 6.47. The van der Waals surface area contributed by atoms with Gasteiger partial charge in [0.05, 0.1) is 21.8 Å². The Kier molecular flexibility index (Phi) is 5.26. The fourth-order valence-corrected chi connectivity index (χ4v) is 5.70. The van der Waals surface area contributed by atoms with Crippen LogP contribution in [0.25, 0.3) is 21.2 Å². The molecule has 5 aromatic rings. The molecule has 7 nitrogen and oxygen atoms in total. The van der Waals surface area contributed by atoms with E-state index in [1.54, 1.807) is 48.5 Å². The zero-order valence-electron chi connectivity index (χ0n) is 18.1. The summed E-state index contributed by atoms with van der Waals surface area (Å²) in [5.74, 6) is -2.17. The molecule has 2 N–H and O–H groups in total. The predicted octanol–water partition coefficient (Wildman–Crippen LogP) is 6.84. The first-order valence-corrected chi connectivity index (χ1v) is 12.2. The molecule has 1 aliphatic heterocycles. The average molecular weight is 537 g/mol. The normalized spacial score (nSPS) is 16.0. The zero-order chi connectivity index (χ0) is 25.1. The number of halogens is 2. The van der Waals surface area contributed by atoms with E-state index in [1.165, 1.54) is 34.4 Å². The lowest BCUT2D eigenvalue weighted by Gasteiger charge is -2.24. The van der Waals surface area contributed by atoms with Gasteiger partial charge in [-0.2, -0.15) is 0 Å². The van der Waals surface area contributed by atoms with Gasteiger partial charge >= 0.3 is 0 Å². The van der Waals surface area contributed by atoms with Gasteiger partial charge < -0.3 is 14.6 Å². The molecule has 3 aromatic carbocycles. The minimum absolute atomic E-state index is 0.0134. The molecule has 10 heteroatoms. The van der Waals surface area contributed by atoms with Crippen LogP contribution in [0.3, 0.4) is 0 Å². The number of rotatable bonds is 4. The van der Waals surface area contributed by atoms with Gasteiger partial charge in [-0.15, -0.1) is 0 Å². The molecule has 0 saturated carbocycles. The number of aliphatic hydroxyl groups excluding tert-OH is 1. The van der Waals surface area contributed by atoms with Crippen LogP contribution in [0.5, 0.6) is 5.75 Å². The molecule has 1 unspecified atom stereocenters. The molecule has 1 aliphatic rings. The summed E-state index contributed by atoms with van der Waals surface area (Å²) in [6.45, 7) is 0. The van der Waals surface area contributed by atoms with Crippen LogP contribution in [0.4, 0.5) is 5.13 Å². The van der Waals surface area contributed by atoms with Crippen molar-refractivity contribution < 1.29 is 24.2 Å². The average Bonchev–Trinajstić information content (AvgIpc) is 3.53. The molecule has 36 heavy (non-hydrogen) atoms. The minimum Gasteiger partial charge on any atom is -0.508 e. The number of furan rings is 1. The number of aromatic hydroxyl groups is 1. The van der Waals surface area contributed by atoms with Crippen molar-refractivity contribution in [3.63, 3.8) is 0 Å². The Bertz CT molecular complexity index is 1740. The van der Waals surface area contributed by atoms with E-state index in [9.17, 15) is 19.8 Å². The van der Waals surface area contributed by atoms with E-state index in [-0.39, 0.29) is 22.2 Å². The van der Waals surface area contributed by atoms with Crippen molar-refractivity contribution in [2.75, 3.05) is 4.90 Å². The number of anilines is 1. The molecule has 0 radical (unpaired) electrons. The van der Waals surface area contributed by atoms with E-state index in [0.29, 0.717) is 32.1 Å². The third kappa shape index (κ3) is 3.62. The number of aliphatic hydroxyl groups is 1. The van der Waals surface area contributed by atoms with Crippen LogP contribution >= 0.6 is 34.5 Å². The SMILES string of the molecule is O=C(C1=C(O)C(=O)N(c2nc3ccc(Cl)cc3s2)C1c1ccc(O)cc1)c1cc2cc(Cl)ccc2o1. The Labute approximate surface area is 217 Å². The minimum atomic E-state index is -1.02. The smallest absolute Gasteiger partial charge is 0.296 e. The number of amides is 1. The second kappa shape index (κ2) is 8.37. The zero-order valence-corrected chi connectivity index (χ0v) is 20.4. The molecule has 0 saturated heterocycles. The van der Waals surface area contributed by atoms with Crippen molar-refractivity contribution in [1.82, 2.24) is 4.98 Å². The molecule has 1 atom stereocenters. The number of hydrogen-bond acceptors (Lipinski definition) is 7.